The number of rotatable bonds is 3. The number of fused-ring (bicyclic) bond motifs is 2. The number of hydrogen-bond acceptors (Lipinski definition) is 5. The molecule has 0 atom stereocenters. The molecule has 5 nitrogen and oxygen atoms in total. The van der Waals surface area contributed by atoms with Gasteiger partial charge in [0.15, 0.2) is 0 Å². The zero-order valence-electron chi connectivity index (χ0n) is 17.6. The summed E-state index contributed by atoms with van der Waals surface area (Å²) in [4.78, 5) is 4.97. The molecule has 5 heteroatoms. The maximum atomic E-state index is 5.51. The summed E-state index contributed by atoms with van der Waals surface area (Å²) in [5, 5.41) is 7.17. The van der Waals surface area contributed by atoms with Gasteiger partial charge in [-0.15, -0.1) is 0 Å². The van der Waals surface area contributed by atoms with Crippen LogP contribution in [0.2, 0.25) is 0 Å². The van der Waals surface area contributed by atoms with E-state index in [4.69, 9.17) is 4.74 Å². The molecule has 2 aromatic rings. The maximum Gasteiger partial charge on any atom is 0.0642 e. The third kappa shape index (κ3) is 3.63. The number of piperazine rings is 1. The average molecular weight is 393 g/mol. The van der Waals surface area contributed by atoms with E-state index in [1.165, 1.54) is 33.8 Å². The van der Waals surface area contributed by atoms with Crippen molar-refractivity contribution >= 4 is 17.1 Å². The molecular weight excluding hydrogens is 360 g/mol. The molecule has 3 aliphatic heterocycles. The van der Waals surface area contributed by atoms with Crippen LogP contribution in [0.4, 0.5) is 17.1 Å². The first kappa shape index (κ1) is 18.9. The highest BCUT2D eigenvalue weighted by molar-refractivity contribution is 5.78. The zero-order chi connectivity index (χ0) is 19.8. The molecule has 0 aliphatic carbocycles. The second-order valence-electron chi connectivity index (χ2n) is 8.99. The van der Waals surface area contributed by atoms with Crippen molar-refractivity contribution in [2.45, 2.75) is 25.8 Å². The van der Waals surface area contributed by atoms with Crippen LogP contribution in [0.3, 0.4) is 0 Å². The van der Waals surface area contributed by atoms with E-state index in [1.54, 1.807) is 0 Å². The van der Waals surface area contributed by atoms with Gasteiger partial charge in [-0.25, -0.2) is 0 Å². The topological polar surface area (TPSA) is 39.8 Å². The molecule has 0 unspecified atom stereocenters. The first-order chi connectivity index (χ1) is 14.1. The van der Waals surface area contributed by atoms with E-state index >= 15 is 0 Å². The van der Waals surface area contributed by atoms with Crippen LogP contribution in [0.1, 0.15) is 30.5 Å². The number of benzene rings is 2. The summed E-state index contributed by atoms with van der Waals surface area (Å²) in [6.07, 6.45) is 0. The number of hydrogen-bond donors (Lipinski definition) is 2. The summed E-state index contributed by atoms with van der Waals surface area (Å²) in [6, 6.07) is 13.9. The fraction of sp³-hybridized carbons (Fsp3) is 0.500. The van der Waals surface area contributed by atoms with Crippen molar-refractivity contribution in [3.63, 3.8) is 0 Å². The molecule has 2 saturated heterocycles. The fourth-order valence-electron chi connectivity index (χ4n) is 4.93. The number of morpholine rings is 1. The molecule has 154 valence electrons. The minimum absolute atomic E-state index is 0.0150. The van der Waals surface area contributed by atoms with Crippen molar-refractivity contribution in [3.8, 4) is 0 Å². The van der Waals surface area contributed by atoms with Crippen LogP contribution >= 0.6 is 0 Å². The monoisotopic (exact) mass is 392 g/mol. The van der Waals surface area contributed by atoms with Crippen molar-refractivity contribution < 1.29 is 4.74 Å². The Kier molecular flexibility index (Phi) is 4.98. The summed E-state index contributed by atoms with van der Waals surface area (Å²) in [6.45, 7) is 13.8. The quantitative estimate of drug-likeness (QED) is 0.839. The third-order valence-corrected chi connectivity index (χ3v) is 6.70. The molecule has 3 aliphatic rings. The Morgan fingerprint density at radius 3 is 2.48 bits per heavy atom. The fourth-order valence-corrected chi connectivity index (χ4v) is 4.93. The molecule has 5 rings (SSSR count). The molecule has 0 amide bonds. The largest absolute Gasteiger partial charge is 0.378 e. The minimum Gasteiger partial charge on any atom is -0.378 e. The number of nitrogens with zero attached hydrogens (tertiary/aromatic N) is 2. The Morgan fingerprint density at radius 2 is 1.69 bits per heavy atom. The summed E-state index contributed by atoms with van der Waals surface area (Å²) >= 11 is 0. The highest BCUT2D eigenvalue weighted by Gasteiger charge is 2.33. The Morgan fingerprint density at radius 1 is 0.897 bits per heavy atom. The maximum absolute atomic E-state index is 5.51. The van der Waals surface area contributed by atoms with E-state index in [0.717, 1.165) is 59.0 Å². The van der Waals surface area contributed by atoms with Gasteiger partial charge in [0.25, 0.3) is 0 Å². The Labute approximate surface area is 174 Å². The minimum atomic E-state index is -0.0150. The van der Waals surface area contributed by atoms with Crippen molar-refractivity contribution in [1.82, 2.24) is 10.2 Å². The SMILES string of the molecule is CC1(C)c2ccc(N3CCOCC3)cc2Nc2ccc(CN3CCNCC3)cc21. The lowest BCUT2D eigenvalue weighted by atomic mass is 9.74. The highest BCUT2D eigenvalue weighted by atomic mass is 16.5. The zero-order valence-corrected chi connectivity index (χ0v) is 17.6. The van der Waals surface area contributed by atoms with Crippen molar-refractivity contribution in [3.05, 3.63) is 53.1 Å². The molecule has 0 bridgehead atoms. The first-order valence-corrected chi connectivity index (χ1v) is 10.9. The van der Waals surface area contributed by atoms with Crippen molar-refractivity contribution in [2.75, 3.05) is 62.7 Å². The summed E-state index contributed by atoms with van der Waals surface area (Å²) in [5.41, 5.74) is 7.94. The van der Waals surface area contributed by atoms with Gasteiger partial charge in [0.05, 0.1) is 13.2 Å². The van der Waals surface area contributed by atoms with E-state index in [9.17, 15) is 0 Å². The lowest BCUT2D eigenvalue weighted by Gasteiger charge is -2.38. The number of nitrogens with one attached hydrogen (secondary N) is 2. The number of anilines is 3. The second kappa shape index (κ2) is 7.63. The van der Waals surface area contributed by atoms with Gasteiger partial charge in [-0.1, -0.05) is 32.0 Å². The predicted molar refractivity (Wildman–Crippen MR) is 119 cm³/mol. The van der Waals surface area contributed by atoms with Crippen molar-refractivity contribution in [2.24, 2.45) is 0 Å². The van der Waals surface area contributed by atoms with Crippen LogP contribution in [0.25, 0.3) is 0 Å². The van der Waals surface area contributed by atoms with Crippen LogP contribution in [-0.2, 0) is 16.7 Å². The summed E-state index contributed by atoms with van der Waals surface area (Å²) in [5.74, 6) is 0. The molecule has 3 heterocycles. The molecule has 2 N–H and O–H groups in total. The van der Waals surface area contributed by atoms with E-state index in [1.807, 2.05) is 0 Å². The predicted octanol–water partition coefficient (Wildman–Crippen LogP) is 3.31. The standard InChI is InChI=1S/C24H32N4O/c1-24(2)20-5-4-19(28-11-13-29-14-12-28)16-23(20)26-22-6-3-18(15-21(22)24)17-27-9-7-25-8-10-27/h3-6,15-16,25-26H,7-14,17H2,1-2H3. The van der Waals surface area contributed by atoms with Gasteiger partial charge >= 0.3 is 0 Å². The van der Waals surface area contributed by atoms with E-state index in [2.05, 4.69) is 70.7 Å². The lowest BCUT2D eigenvalue weighted by molar-refractivity contribution is 0.122. The summed E-state index contributed by atoms with van der Waals surface area (Å²) < 4.78 is 5.51. The molecule has 0 radical (unpaired) electrons. The molecule has 2 fully saturated rings. The molecule has 29 heavy (non-hydrogen) atoms. The lowest BCUT2D eigenvalue weighted by Crippen LogP contribution is -2.42. The highest BCUT2D eigenvalue weighted by Crippen LogP contribution is 2.46. The third-order valence-electron chi connectivity index (χ3n) is 6.70. The van der Waals surface area contributed by atoms with E-state index in [0.29, 0.717) is 0 Å². The van der Waals surface area contributed by atoms with Gasteiger partial charge in [-0.3, -0.25) is 4.90 Å². The Bertz CT molecular complexity index is 882. The Balaban J connectivity index is 1.43. The second-order valence-corrected chi connectivity index (χ2v) is 8.99. The van der Waals surface area contributed by atoms with E-state index < -0.39 is 0 Å². The van der Waals surface area contributed by atoms with Crippen LogP contribution in [0.5, 0.6) is 0 Å². The smallest absolute Gasteiger partial charge is 0.0642 e. The normalized spacial score (nSPS) is 21.2. The average Bonchev–Trinajstić information content (AvgIpc) is 2.75. The molecular formula is C24H32N4O. The van der Waals surface area contributed by atoms with Gasteiger partial charge in [-0.2, -0.15) is 0 Å². The Hall–Kier alpha value is -2.08. The molecule has 2 aromatic carbocycles. The van der Waals surface area contributed by atoms with Crippen LogP contribution in [0, 0.1) is 0 Å². The molecule has 0 saturated carbocycles. The van der Waals surface area contributed by atoms with Crippen LogP contribution in [-0.4, -0.2) is 57.4 Å². The molecule has 0 aromatic heterocycles. The van der Waals surface area contributed by atoms with Gasteiger partial charge in [0.1, 0.15) is 0 Å². The van der Waals surface area contributed by atoms with Gasteiger partial charge in [-0.05, 0) is 34.9 Å². The number of ether oxygens (including phenoxy) is 1. The van der Waals surface area contributed by atoms with Gasteiger partial charge in [0.2, 0.25) is 0 Å². The first-order valence-electron chi connectivity index (χ1n) is 10.9. The van der Waals surface area contributed by atoms with Crippen LogP contribution < -0.4 is 15.5 Å². The summed E-state index contributed by atoms with van der Waals surface area (Å²) in [7, 11) is 0. The van der Waals surface area contributed by atoms with Crippen LogP contribution in [0.15, 0.2) is 36.4 Å². The van der Waals surface area contributed by atoms with Crippen molar-refractivity contribution in [1.29, 1.82) is 0 Å². The van der Waals surface area contributed by atoms with Gasteiger partial charge < -0.3 is 20.3 Å². The van der Waals surface area contributed by atoms with Gasteiger partial charge in [0, 0.05) is 68.3 Å². The molecule has 0 spiro atoms. The van der Waals surface area contributed by atoms with E-state index in [-0.39, 0.29) is 5.41 Å².